The fourth-order valence-corrected chi connectivity index (χ4v) is 6.35. The van der Waals surface area contributed by atoms with E-state index in [0.29, 0.717) is 14.8 Å². The molecule has 3 heterocycles. The molecular formula is C23H28N4O2S2. The number of piperidine rings is 1. The van der Waals surface area contributed by atoms with Crippen LogP contribution in [0.15, 0.2) is 9.70 Å². The Morgan fingerprint density at radius 3 is 2.39 bits per heavy atom. The number of aromatic nitrogens is 1. The van der Waals surface area contributed by atoms with Crippen LogP contribution >= 0.6 is 24.0 Å². The highest BCUT2D eigenvalue weighted by molar-refractivity contribution is 8.26. The molecule has 2 saturated heterocycles. The van der Waals surface area contributed by atoms with Crippen molar-refractivity contribution in [3.05, 3.63) is 31.9 Å². The first-order valence-electron chi connectivity index (χ1n) is 11.1. The predicted octanol–water partition coefficient (Wildman–Crippen LogP) is 4.09. The average Bonchev–Trinajstić information content (AvgIpc) is 3.06. The van der Waals surface area contributed by atoms with Crippen LogP contribution in [0.1, 0.15) is 68.1 Å². The third-order valence-corrected chi connectivity index (χ3v) is 7.99. The van der Waals surface area contributed by atoms with Gasteiger partial charge in [-0.25, -0.2) is 0 Å². The highest BCUT2D eigenvalue weighted by atomic mass is 32.2. The van der Waals surface area contributed by atoms with Gasteiger partial charge in [-0.15, -0.1) is 0 Å². The smallest absolute Gasteiger partial charge is 0.270 e. The molecular weight excluding hydrogens is 428 g/mol. The summed E-state index contributed by atoms with van der Waals surface area (Å²) in [6.45, 7) is 3.53. The molecule has 0 bridgehead atoms. The minimum atomic E-state index is -0.285. The summed E-state index contributed by atoms with van der Waals surface area (Å²) in [6.07, 6.45) is 10.6. The van der Waals surface area contributed by atoms with E-state index in [1.54, 1.807) is 23.4 Å². The van der Waals surface area contributed by atoms with Crippen molar-refractivity contribution in [3.63, 3.8) is 0 Å². The lowest BCUT2D eigenvalue weighted by atomic mass is 9.94. The van der Waals surface area contributed by atoms with Crippen LogP contribution in [0.3, 0.4) is 0 Å². The van der Waals surface area contributed by atoms with Crippen molar-refractivity contribution < 1.29 is 4.79 Å². The summed E-state index contributed by atoms with van der Waals surface area (Å²) in [4.78, 5) is 30.8. The van der Waals surface area contributed by atoms with Crippen molar-refractivity contribution in [1.29, 1.82) is 5.26 Å². The first-order valence-corrected chi connectivity index (χ1v) is 12.3. The van der Waals surface area contributed by atoms with Gasteiger partial charge in [0.1, 0.15) is 21.8 Å². The molecule has 0 unspecified atom stereocenters. The molecule has 1 aliphatic carbocycles. The van der Waals surface area contributed by atoms with E-state index < -0.39 is 0 Å². The largest absolute Gasteiger partial charge is 0.357 e. The van der Waals surface area contributed by atoms with Crippen LogP contribution in [0, 0.1) is 18.3 Å². The van der Waals surface area contributed by atoms with Gasteiger partial charge >= 0.3 is 0 Å². The zero-order valence-electron chi connectivity index (χ0n) is 18.1. The lowest BCUT2D eigenvalue weighted by Crippen LogP contribution is -2.39. The molecule has 0 atom stereocenters. The summed E-state index contributed by atoms with van der Waals surface area (Å²) in [6, 6.07) is 2.26. The maximum absolute atomic E-state index is 13.3. The number of nitriles is 1. The van der Waals surface area contributed by atoms with Gasteiger partial charge in [0.05, 0.1) is 4.91 Å². The van der Waals surface area contributed by atoms with Gasteiger partial charge in [-0.1, -0.05) is 43.2 Å². The van der Waals surface area contributed by atoms with E-state index in [9.17, 15) is 14.9 Å². The van der Waals surface area contributed by atoms with Crippen molar-refractivity contribution in [2.75, 3.05) is 18.0 Å². The highest BCUT2D eigenvalue weighted by Crippen LogP contribution is 2.39. The van der Waals surface area contributed by atoms with Gasteiger partial charge in [0.2, 0.25) is 0 Å². The number of hydrogen-bond acceptors (Lipinski definition) is 6. The van der Waals surface area contributed by atoms with Crippen LogP contribution in [0.2, 0.25) is 0 Å². The normalized spacial score (nSPS) is 21.8. The number of thiocarbonyl (C=S) groups is 1. The summed E-state index contributed by atoms with van der Waals surface area (Å²) in [5, 5.41) is 9.62. The average molecular weight is 457 g/mol. The SMILES string of the molecule is Cc1c(C=C2SC(=S)N(C3CCCCC3)C2=O)c(N2CCCCC2)n(C)c(=O)c1C#N. The van der Waals surface area contributed by atoms with Gasteiger partial charge in [0, 0.05) is 31.7 Å². The molecule has 4 rings (SSSR count). The number of rotatable bonds is 3. The van der Waals surface area contributed by atoms with Gasteiger partial charge < -0.3 is 4.90 Å². The quantitative estimate of drug-likeness (QED) is 0.504. The Kier molecular flexibility index (Phi) is 6.54. The summed E-state index contributed by atoms with van der Waals surface area (Å²) in [5.41, 5.74) is 1.27. The van der Waals surface area contributed by atoms with Crippen LogP contribution in [-0.2, 0) is 11.8 Å². The zero-order valence-corrected chi connectivity index (χ0v) is 19.8. The number of nitrogens with zero attached hydrogens (tertiary/aromatic N) is 4. The highest BCUT2D eigenvalue weighted by Gasteiger charge is 2.38. The Morgan fingerprint density at radius 2 is 1.74 bits per heavy atom. The van der Waals surface area contributed by atoms with Gasteiger partial charge in [-0.05, 0) is 50.7 Å². The fourth-order valence-electron chi connectivity index (χ4n) is 4.96. The molecule has 6 nitrogen and oxygen atoms in total. The van der Waals surface area contributed by atoms with Gasteiger partial charge in [0.25, 0.3) is 11.5 Å². The molecule has 1 amide bonds. The summed E-state index contributed by atoms with van der Waals surface area (Å²) in [5.74, 6) is 0.752. The third-order valence-electron chi connectivity index (χ3n) is 6.66. The number of amides is 1. The topological polar surface area (TPSA) is 69.3 Å². The Labute approximate surface area is 192 Å². The minimum absolute atomic E-state index is 0.0433. The molecule has 3 fully saturated rings. The molecule has 2 aliphatic heterocycles. The monoisotopic (exact) mass is 456 g/mol. The third kappa shape index (κ3) is 4.06. The maximum atomic E-state index is 13.3. The van der Waals surface area contributed by atoms with Crippen LogP contribution in [0.5, 0.6) is 0 Å². The lowest BCUT2D eigenvalue weighted by Gasteiger charge is -2.32. The van der Waals surface area contributed by atoms with E-state index in [4.69, 9.17) is 12.2 Å². The van der Waals surface area contributed by atoms with E-state index in [2.05, 4.69) is 11.0 Å². The molecule has 164 valence electrons. The van der Waals surface area contributed by atoms with Crippen LogP contribution in [-0.4, -0.2) is 38.8 Å². The Bertz CT molecular complexity index is 1040. The van der Waals surface area contributed by atoms with Crippen LogP contribution in [0.4, 0.5) is 5.82 Å². The van der Waals surface area contributed by atoms with Crippen LogP contribution in [0.25, 0.3) is 6.08 Å². The van der Waals surface area contributed by atoms with Gasteiger partial charge in [-0.3, -0.25) is 19.1 Å². The molecule has 0 aromatic carbocycles. The first-order chi connectivity index (χ1) is 14.9. The lowest BCUT2D eigenvalue weighted by molar-refractivity contribution is -0.124. The second-order valence-electron chi connectivity index (χ2n) is 8.60. The molecule has 31 heavy (non-hydrogen) atoms. The Morgan fingerprint density at radius 1 is 1.10 bits per heavy atom. The molecule has 0 radical (unpaired) electrons. The van der Waals surface area contributed by atoms with E-state index in [1.165, 1.54) is 24.6 Å². The van der Waals surface area contributed by atoms with Gasteiger partial charge in [-0.2, -0.15) is 5.26 Å². The predicted molar refractivity (Wildman–Crippen MR) is 129 cm³/mol. The molecule has 3 aliphatic rings. The summed E-state index contributed by atoms with van der Waals surface area (Å²) in [7, 11) is 1.72. The second-order valence-corrected chi connectivity index (χ2v) is 10.3. The second kappa shape index (κ2) is 9.17. The van der Waals surface area contributed by atoms with Crippen molar-refractivity contribution in [2.24, 2.45) is 7.05 Å². The molecule has 1 aromatic heterocycles. The summed E-state index contributed by atoms with van der Waals surface area (Å²) >= 11 is 6.92. The van der Waals surface area contributed by atoms with Crippen molar-refractivity contribution in [2.45, 2.75) is 64.3 Å². The summed E-state index contributed by atoms with van der Waals surface area (Å²) < 4.78 is 2.19. The fraction of sp³-hybridized carbons (Fsp3) is 0.565. The molecule has 1 saturated carbocycles. The van der Waals surface area contributed by atoms with E-state index >= 15 is 0 Å². The van der Waals surface area contributed by atoms with Crippen molar-refractivity contribution >= 4 is 46.1 Å². The Balaban J connectivity index is 1.80. The standard InChI is InChI=1S/C23H28N4O2S2/c1-15-17(13-19-22(29)27(23(30)31-19)16-9-5-3-6-10-16)20(26-11-7-4-8-12-26)25(2)21(28)18(15)14-24/h13,16H,3-12H2,1-2H3. The van der Waals surface area contributed by atoms with Crippen molar-refractivity contribution in [1.82, 2.24) is 9.47 Å². The first kappa shape index (κ1) is 22.1. The van der Waals surface area contributed by atoms with Crippen molar-refractivity contribution in [3.8, 4) is 6.07 Å². The number of carbonyl (C=O) groups is 1. The number of thioether (sulfide) groups is 1. The maximum Gasteiger partial charge on any atom is 0.270 e. The number of pyridine rings is 1. The molecule has 0 spiro atoms. The molecule has 8 heteroatoms. The van der Waals surface area contributed by atoms with Gasteiger partial charge in [0.15, 0.2) is 0 Å². The zero-order chi connectivity index (χ0) is 22.1. The van der Waals surface area contributed by atoms with E-state index in [0.717, 1.165) is 63.0 Å². The number of hydrogen-bond donors (Lipinski definition) is 0. The Hall–Kier alpha value is -2.11. The molecule has 1 aromatic rings. The molecule has 0 N–H and O–H groups in total. The van der Waals surface area contributed by atoms with Crippen LogP contribution < -0.4 is 10.5 Å². The minimum Gasteiger partial charge on any atom is -0.357 e. The number of carbonyl (C=O) groups excluding carboxylic acids is 1. The van der Waals surface area contributed by atoms with E-state index in [1.807, 2.05) is 6.08 Å². The number of anilines is 1. The van der Waals surface area contributed by atoms with E-state index in [-0.39, 0.29) is 23.1 Å².